The van der Waals surface area contributed by atoms with Crippen LogP contribution in [0.1, 0.15) is 25.7 Å². The van der Waals surface area contributed by atoms with Crippen LogP contribution in [0.3, 0.4) is 0 Å². The van der Waals surface area contributed by atoms with E-state index in [0.29, 0.717) is 10.8 Å². The maximum absolute atomic E-state index is 13.0. The molecule has 0 aromatic heterocycles. The van der Waals surface area contributed by atoms with Crippen molar-refractivity contribution in [2.75, 3.05) is 31.5 Å². The minimum absolute atomic E-state index is 0.0906. The molecule has 3 nitrogen and oxygen atoms in total. The van der Waals surface area contributed by atoms with E-state index in [0.717, 1.165) is 19.5 Å². The average molecular weight is 330 g/mol. The van der Waals surface area contributed by atoms with Crippen LogP contribution in [0.15, 0.2) is 18.2 Å². The maximum atomic E-state index is 13.0. The standard InChI is InChI=1S/C15H21ClFN3S/c16-13-11-12(5-6-14(13)17)19-15(21)18-7-4-10-20-8-2-1-3-9-20/h5-6,11H,1-4,7-10H2,(H2,18,19,21). The first kappa shape index (κ1) is 16.5. The second-order valence-electron chi connectivity index (χ2n) is 5.27. The number of rotatable bonds is 5. The van der Waals surface area contributed by atoms with E-state index >= 15 is 0 Å². The summed E-state index contributed by atoms with van der Waals surface area (Å²) in [5.74, 6) is -0.428. The van der Waals surface area contributed by atoms with E-state index in [1.54, 1.807) is 6.07 Å². The molecule has 1 aromatic rings. The van der Waals surface area contributed by atoms with Crippen molar-refractivity contribution in [3.63, 3.8) is 0 Å². The van der Waals surface area contributed by atoms with E-state index in [4.69, 9.17) is 23.8 Å². The van der Waals surface area contributed by atoms with Gasteiger partial charge >= 0.3 is 0 Å². The van der Waals surface area contributed by atoms with Crippen LogP contribution in [0.4, 0.5) is 10.1 Å². The lowest BCUT2D eigenvalue weighted by molar-refractivity contribution is 0.227. The highest BCUT2D eigenvalue weighted by atomic mass is 35.5. The zero-order valence-corrected chi connectivity index (χ0v) is 13.6. The molecule has 116 valence electrons. The molecular formula is C15H21ClFN3S. The van der Waals surface area contributed by atoms with Gasteiger partial charge in [0.2, 0.25) is 0 Å². The molecule has 6 heteroatoms. The minimum Gasteiger partial charge on any atom is -0.362 e. The molecule has 1 fully saturated rings. The van der Waals surface area contributed by atoms with Crippen molar-refractivity contribution in [3.05, 3.63) is 29.0 Å². The van der Waals surface area contributed by atoms with Gasteiger partial charge in [-0.3, -0.25) is 0 Å². The SMILES string of the molecule is Fc1ccc(NC(=S)NCCCN2CCCCC2)cc1Cl. The summed E-state index contributed by atoms with van der Waals surface area (Å²) in [6, 6.07) is 4.46. The maximum Gasteiger partial charge on any atom is 0.170 e. The van der Waals surface area contributed by atoms with Crippen molar-refractivity contribution >= 4 is 34.6 Å². The van der Waals surface area contributed by atoms with Gasteiger partial charge in [0.15, 0.2) is 5.11 Å². The Labute approximate surface area is 135 Å². The molecular weight excluding hydrogens is 309 g/mol. The van der Waals surface area contributed by atoms with Crippen LogP contribution in [0, 0.1) is 5.82 Å². The predicted octanol–water partition coefficient (Wildman–Crippen LogP) is 3.64. The summed E-state index contributed by atoms with van der Waals surface area (Å²) in [5, 5.41) is 6.79. The Hall–Kier alpha value is -0.910. The first-order valence-corrected chi connectivity index (χ1v) is 8.16. The Morgan fingerprint density at radius 1 is 1.29 bits per heavy atom. The van der Waals surface area contributed by atoms with Crippen LogP contribution >= 0.6 is 23.8 Å². The third kappa shape index (κ3) is 5.77. The van der Waals surface area contributed by atoms with E-state index < -0.39 is 5.82 Å². The number of nitrogens with zero attached hydrogens (tertiary/aromatic N) is 1. The van der Waals surface area contributed by atoms with Gasteiger partial charge < -0.3 is 15.5 Å². The van der Waals surface area contributed by atoms with E-state index in [1.807, 2.05) is 0 Å². The molecule has 0 aliphatic carbocycles. The molecule has 1 aliphatic heterocycles. The van der Waals surface area contributed by atoms with Gasteiger partial charge in [-0.15, -0.1) is 0 Å². The van der Waals surface area contributed by atoms with Gasteiger partial charge in [-0.25, -0.2) is 4.39 Å². The lowest BCUT2D eigenvalue weighted by atomic mass is 10.1. The van der Waals surface area contributed by atoms with Crippen molar-refractivity contribution < 1.29 is 4.39 Å². The van der Waals surface area contributed by atoms with Crippen LogP contribution in [0.5, 0.6) is 0 Å². The highest BCUT2D eigenvalue weighted by Gasteiger charge is 2.09. The fourth-order valence-corrected chi connectivity index (χ4v) is 2.84. The van der Waals surface area contributed by atoms with Gasteiger partial charge in [0.1, 0.15) is 5.82 Å². The minimum atomic E-state index is -0.428. The smallest absolute Gasteiger partial charge is 0.170 e. The molecule has 0 amide bonds. The molecule has 0 radical (unpaired) electrons. The number of thiocarbonyl (C=S) groups is 1. The quantitative estimate of drug-likeness (QED) is 0.637. The molecule has 2 N–H and O–H groups in total. The van der Waals surface area contributed by atoms with Crippen molar-refractivity contribution in [1.29, 1.82) is 0 Å². The molecule has 0 saturated carbocycles. The number of hydrogen-bond donors (Lipinski definition) is 2. The summed E-state index contributed by atoms with van der Waals surface area (Å²) in [4.78, 5) is 2.50. The predicted molar refractivity (Wildman–Crippen MR) is 90.5 cm³/mol. The van der Waals surface area contributed by atoms with Gasteiger partial charge in [0, 0.05) is 12.2 Å². The first-order valence-electron chi connectivity index (χ1n) is 7.37. The Kier molecular flexibility index (Phi) is 6.67. The van der Waals surface area contributed by atoms with E-state index in [9.17, 15) is 4.39 Å². The third-order valence-electron chi connectivity index (χ3n) is 3.56. The Morgan fingerprint density at radius 3 is 2.76 bits per heavy atom. The summed E-state index contributed by atoms with van der Waals surface area (Å²) in [7, 11) is 0. The van der Waals surface area contributed by atoms with E-state index in [-0.39, 0.29) is 5.02 Å². The molecule has 1 aromatic carbocycles. The van der Waals surface area contributed by atoms with Crippen LogP contribution in [0.25, 0.3) is 0 Å². The van der Waals surface area contributed by atoms with Crippen molar-refractivity contribution in [2.24, 2.45) is 0 Å². The Balaban J connectivity index is 1.63. The Bertz CT molecular complexity index is 478. The molecule has 0 atom stereocenters. The number of anilines is 1. The van der Waals surface area contributed by atoms with Crippen LogP contribution in [0.2, 0.25) is 5.02 Å². The summed E-state index contributed by atoms with van der Waals surface area (Å²) in [6.45, 7) is 4.38. The topological polar surface area (TPSA) is 27.3 Å². The van der Waals surface area contributed by atoms with Gasteiger partial charge in [0.05, 0.1) is 5.02 Å². The molecule has 1 aliphatic rings. The van der Waals surface area contributed by atoms with Gasteiger partial charge in [-0.05, 0) is 69.3 Å². The average Bonchev–Trinajstić information content (AvgIpc) is 2.49. The molecule has 21 heavy (non-hydrogen) atoms. The second-order valence-corrected chi connectivity index (χ2v) is 6.08. The number of nitrogens with one attached hydrogen (secondary N) is 2. The van der Waals surface area contributed by atoms with Crippen LogP contribution in [-0.2, 0) is 0 Å². The number of piperidine rings is 1. The fraction of sp³-hybridized carbons (Fsp3) is 0.533. The summed E-state index contributed by atoms with van der Waals surface area (Å²) < 4.78 is 13.0. The summed E-state index contributed by atoms with van der Waals surface area (Å²) >= 11 is 10.9. The largest absolute Gasteiger partial charge is 0.362 e. The van der Waals surface area contributed by atoms with Gasteiger partial charge in [-0.1, -0.05) is 18.0 Å². The zero-order chi connectivity index (χ0) is 15.1. The summed E-state index contributed by atoms with van der Waals surface area (Å²) in [5.41, 5.74) is 0.690. The van der Waals surface area contributed by atoms with Crippen molar-refractivity contribution in [2.45, 2.75) is 25.7 Å². The number of hydrogen-bond acceptors (Lipinski definition) is 2. The van der Waals surface area contributed by atoms with E-state index in [2.05, 4.69) is 15.5 Å². The first-order chi connectivity index (χ1) is 10.1. The number of likely N-dealkylation sites (tertiary alicyclic amines) is 1. The van der Waals surface area contributed by atoms with Crippen LogP contribution < -0.4 is 10.6 Å². The Morgan fingerprint density at radius 2 is 2.05 bits per heavy atom. The lowest BCUT2D eigenvalue weighted by Gasteiger charge is -2.26. The number of benzene rings is 1. The third-order valence-corrected chi connectivity index (χ3v) is 4.10. The van der Waals surface area contributed by atoms with Gasteiger partial charge in [-0.2, -0.15) is 0 Å². The summed E-state index contributed by atoms with van der Waals surface area (Å²) in [6.07, 6.45) is 5.06. The molecule has 0 spiro atoms. The normalized spacial score (nSPS) is 15.7. The van der Waals surface area contributed by atoms with Crippen molar-refractivity contribution in [3.8, 4) is 0 Å². The highest BCUT2D eigenvalue weighted by Crippen LogP contribution is 2.19. The second kappa shape index (κ2) is 8.51. The van der Waals surface area contributed by atoms with Crippen molar-refractivity contribution in [1.82, 2.24) is 10.2 Å². The molecule has 1 heterocycles. The monoisotopic (exact) mass is 329 g/mol. The molecule has 0 unspecified atom stereocenters. The lowest BCUT2D eigenvalue weighted by Crippen LogP contribution is -2.34. The molecule has 0 bridgehead atoms. The van der Waals surface area contributed by atoms with Crippen LogP contribution in [-0.4, -0.2) is 36.2 Å². The highest BCUT2D eigenvalue weighted by molar-refractivity contribution is 7.80. The fourth-order valence-electron chi connectivity index (χ4n) is 2.44. The molecule has 2 rings (SSSR count). The van der Waals surface area contributed by atoms with Gasteiger partial charge in [0.25, 0.3) is 0 Å². The molecule has 1 saturated heterocycles. The van der Waals surface area contributed by atoms with E-state index in [1.165, 1.54) is 44.5 Å². The zero-order valence-electron chi connectivity index (χ0n) is 12.0. The number of halogens is 2.